The quantitative estimate of drug-likeness (QED) is 0.660. The van der Waals surface area contributed by atoms with E-state index in [2.05, 4.69) is 20.1 Å². The number of halogens is 1. The average Bonchev–Trinajstić information content (AvgIpc) is 1.88. The molecule has 4 heteroatoms. The molecule has 0 fully saturated rings. The zero-order valence-electron chi connectivity index (χ0n) is 5.89. The molecule has 1 atom stereocenters. The van der Waals surface area contributed by atoms with Gasteiger partial charge in [0, 0.05) is 0 Å². The second-order valence-electron chi connectivity index (χ2n) is 1.97. The molecule has 0 saturated carbocycles. The van der Waals surface area contributed by atoms with Gasteiger partial charge in [-0.1, -0.05) is 6.92 Å². The molecule has 0 radical (unpaired) electrons. The SMILES string of the molecule is CCC(C(C)=O)C(=O)OBr. The van der Waals surface area contributed by atoms with Crippen LogP contribution in [0.5, 0.6) is 0 Å². The lowest BCUT2D eigenvalue weighted by Crippen LogP contribution is -2.20. The standard InChI is InChI=1S/C6H9BrO3/c1-3-5(4(2)8)6(9)10-7/h5H,3H2,1-2H3. The molecular weight excluding hydrogens is 200 g/mol. The zero-order chi connectivity index (χ0) is 8.15. The highest BCUT2D eigenvalue weighted by atomic mass is 79.9. The minimum absolute atomic E-state index is 0.160. The monoisotopic (exact) mass is 208 g/mol. The zero-order valence-corrected chi connectivity index (χ0v) is 7.47. The molecule has 0 heterocycles. The summed E-state index contributed by atoms with van der Waals surface area (Å²) in [4.78, 5) is 21.3. The highest BCUT2D eigenvalue weighted by Gasteiger charge is 2.21. The van der Waals surface area contributed by atoms with E-state index in [1.807, 2.05) is 0 Å². The van der Waals surface area contributed by atoms with Crippen LogP contribution in [0.15, 0.2) is 0 Å². The Balaban J connectivity index is 4.06. The summed E-state index contributed by atoms with van der Waals surface area (Å²) in [5.74, 6) is -1.29. The summed E-state index contributed by atoms with van der Waals surface area (Å²) in [5.41, 5.74) is 0. The highest BCUT2D eigenvalue weighted by Crippen LogP contribution is 2.07. The maximum atomic E-state index is 10.7. The molecule has 0 aromatic rings. The fraction of sp³-hybridized carbons (Fsp3) is 0.667. The summed E-state index contributed by atoms with van der Waals surface area (Å²) in [5, 5.41) is 0. The molecule has 3 nitrogen and oxygen atoms in total. The summed E-state index contributed by atoms with van der Waals surface area (Å²) in [6.45, 7) is 3.13. The van der Waals surface area contributed by atoms with Gasteiger partial charge in [-0.25, -0.2) is 0 Å². The smallest absolute Gasteiger partial charge is 0.327 e. The third-order valence-electron chi connectivity index (χ3n) is 1.26. The maximum Gasteiger partial charge on any atom is 0.327 e. The van der Waals surface area contributed by atoms with Crippen LogP contribution in [0.2, 0.25) is 0 Å². The van der Waals surface area contributed by atoms with E-state index in [-0.39, 0.29) is 5.78 Å². The predicted molar refractivity (Wildman–Crippen MR) is 39.5 cm³/mol. The molecule has 0 aliphatic heterocycles. The van der Waals surface area contributed by atoms with Crippen LogP contribution in [0, 0.1) is 5.92 Å². The number of ketones is 1. The first-order valence-electron chi connectivity index (χ1n) is 2.96. The largest absolute Gasteiger partial charge is 0.383 e. The van der Waals surface area contributed by atoms with Gasteiger partial charge in [-0.15, -0.1) is 0 Å². The Labute approximate surface area is 68.2 Å². The molecule has 0 aromatic heterocycles. The van der Waals surface area contributed by atoms with Crippen molar-refractivity contribution in [2.45, 2.75) is 20.3 Å². The molecule has 1 unspecified atom stereocenters. The van der Waals surface area contributed by atoms with Crippen LogP contribution in [0.25, 0.3) is 0 Å². The molecular formula is C6H9BrO3. The summed E-state index contributed by atoms with van der Waals surface area (Å²) in [7, 11) is 0. The number of hydrogen-bond donors (Lipinski definition) is 0. The van der Waals surface area contributed by atoms with Crippen molar-refractivity contribution in [2.75, 3.05) is 0 Å². The Morgan fingerprint density at radius 3 is 2.20 bits per heavy atom. The van der Waals surface area contributed by atoms with Crippen molar-refractivity contribution in [3.63, 3.8) is 0 Å². The fourth-order valence-corrected chi connectivity index (χ4v) is 0.899. The van der Waals surface area contributed by atoms with E-state index in [0.717, 1.165) is 0 Å². The fourth-order valence-electron chi connectivity index (χ4n) is 0.674. The van der Waals surface area contributed by atoms with E-state index in [4.69, 9.17) is 0 Å². The van der Waals surface area contributed by atoms with Gasteiger partial charge in [-0.05, 0) is 13.3 Å². The van der Waals surface area contributed by atoms with Crippen molar-refractivity contribution in [3.05, 3.63) is 0 Å². The molecule has 0 bridgehead atoms. The van der Waals surface area contributed by atoms with Gasteiger partial charge in [0.1, 0.15) is 11.7 Å². The molecule has 10 heavy (non-hydrogen) atoms. The molecule has 0 aliphatic carbocycles. The van der Waals surface area contributed by atoms with Gasteiger partial charge in [-0.3, -0.25) is 9.59 Å². The minimum atomic E-state index is -0.612. The van der Waals surface area contributed by atoms with E-state index < -0.39 is 11.9 Å². The van der Waals surface area contributed by atoms with Crippen molar-refractivity contribution >= 4 is 28.0 Å². The van der Waals surface area contributed by atoms with Crippen LogP contribution in [-0.4, -0.2) is 11.8 Å². The van der Waals surface area contributed by atoms with Crippen molar-refractivity contribution in [1.29, 1.82) is 0 Å². The van der Waals surface area contributed by atoms with Gasteiger partial charge in [0.05, 0.1) is 0 Å². The third-order valence-corrected chi connectivity index (χ3v) is 1.58. The van der Waals surface area contributed by atoms with Crippen LogP contribution in [-0.2, 0) is 13.4 Å². The summed E-state index contributed by atoms with van der Waals surface area (Å²) in [6, 6.07) is 0. The van der Waals surface area contributed by atoms with Gasteiger partial charge >= 0.3 is 5.97 Å². The van der Waals surface area contributed by atoms with E-state index in [1.165, 1.54) is 6.92 Å². The Kier molecular flexibility index (Phi) is 4.27. The van der Waals surface area contributed by atoms with E-state index in [1.54, 1.807) is 6.92 Å². The molecule has 0 saturated heterocycles. The molecule has 0 amide bonds. The lowest BCUT2D eigenvalue weighted by Gasteiger charge is -2.04. The molecule has 0 rings (SSSR count). The van der Waals surface area contributed by atoms with Gasteiger partial charge in [0.25, 0.3) is 0 Å². The Morgan fingerprint density at radius 1 is 1.60 bits per heavy atom. The first kappa shape index (κ1) is 9.62. The van der Waals surface area contributed by atoms with E-state index in [9.17, 15) is 9.59 Å². The summed E-state index contributed by atoms with van der Waals surface area (Å²) >= 11 is 2.52. The average molecular weight is 209 g/mol. The molecule has 0 spiro atoms. The topological polar surface area (TPSA) is 43.4 Å². The van der Waals surface area contributed by atoms with Gasteiger partial charge in [-0.2, -0.15) is 0 Å². The first-order chi connectivity index (χ1) is 4.63. The lowest BCUT2D eigenvalue weighted by atomic mass is 10.0. The number of carbonyl (C=O) groups excluding carboxylic acids is 2. The first-order valence-corrected chi connectivity index (χ1v) is 3.61. The number of Topliss-reactive ketones (excluding diaryl/α,β-unsaturated/α-hetero) is 1. The molecule has 0 aliphatic rings. The Morgan fingerprint density at radius 2 is 2.10 bits per heavy atom. The van der Waals surface area contributed by atoms with Gasteiger partial charge in [0.2, 0.25) is 0 Å². The summed E-state index contributed by atoms with van der Waals surface area (Å²) < 4.78 is 4.22. The third kappa shape index (κ3) is 2.47. The van der Waals surface area contributed by atoms with Crippen molar-refractivity contribution < 1.29 is 13.4 Å². The Bertz CT molecular complexity index is 144. The molecule has 0 aromatic carbocycles. The van der Waals surface area contributed by atoms with Crippen molar-refractivity contribution in [1.82, 2.24) is 0 Å². The van der Waals surface area contributed by atoms with E-state index in [0.29, 0.717) is 6.42 Å². The number of carbonyl (C=O) groups is 2. The molecule has 0 N–H and O–H groups in total. The second-order valence-corrected chi connectivity index (χ2v) is 2.29. The normalized spacial score (nSPS) is 12.3. The van der Waals surface area contributed by atoms with Crippen LogP contribution < -0.4 is 0 Å². The second kappa shape index (κ2) is 4.44. The predicted octanol–water partition coefficient (Wildman–Crippen LogP) is 1.45. The van der Waals surface area contributed by atoms with Gasteiger partial charge < -0.3 is 3.83 Å². The van der Waals surface area contributed by atoms with Crippen LogP contribution in [0.3, 0.4) is 0 Å². The Hall–Kier alpha value is -0.380. The summed E-state index contributed by atoms with van der Waals surface area (Å²) in [6.07, 6.45) is 0.486. The number of rotatable bonds is 3. The van der Waals surface area contributed by atoms with Crippen LogP contribution in [0.1, 0.15) is 20.3 Å². The highest BCUT2D eigenvalue weighted by molar-refractivity contribution is 9.06. The van der Waals surface area contributed by atoms with Crippen molar-refractivity contribution in [2.24, 2.45) is 5.92 Å². The number of hydrogen-bond acceptors (Lipinski definition) is 3. The maximum absolute atomic E-state index is 10.7. The minimum Gasteiger partial charge on any atom is -0.383 e. The van der Waals surface area contributed by atoms with E-state index >= 15 is 0 Å². The van der Waals surface area contributed by atoms with Gasteiger partial charge in [0.15, 0.2) is 16.3 Å². The van der Waals surface area contributed by atoms with Crippen LogP contribution in [0.4, 0.5) is 0 Å². The molecule has 58 valence electrons. The van der Waals surface area contributed by atoms with Crippen LogP contribution >= 0.6 is 16.3 Å². The van der Waals surface area contributed by atoms with Crippen molar-refractivity contribution in [3.8, 4) is 0 Å². The lowest BCUT2D eigenvalue weighted by molar-refractivity contribution is -0.141.